The Kier molecular flexibility index (Phi) is 5.72. The van der Waals surface area contributed by atoms with Gasteiger partial charge in [-0.05, 0) is 45.9 Å². The van der Waals surface area contributed by atoms with Crippen LogP contribution in [0.15, 0.2) is 24.3 Å². The average molecular weight is 297 g/mol. The molecule has 118 valence electrons. The van der Waals surface area contributed by atoms with Crippen LogP contribution in [0.1, 0.15) is 34.1 Å². The molecule has 1 rings (SSSR count). The van der Waals surface area contributed by atoms with Gasteiger partial charge >= 0.3 is 5.97 Å². The van der Waals surface area contributed by atoms with Gasteiger partial charge in [0.1, 0.15) is 11.4 Å². The summed E-state index contributed by atoms with van der Waals surface area (Å²) in [5.74, 6) is -0.753. The summed E-state index contributed by atoms with van der Waals surface area (Å²) in [7, 11) is 1.59. The Balaban J connectivity index is 3.04. The molecule has 0 saturated heterocycles. The van der Waals surface area contributed by atoms with Crippen LogP contribution < -0.4 is 5.32 Å². The van der Waals surface area contributed by atoms with E-state index in [-0.39, 0.29) is 18.4 Å². The molecule has 5 heteroatoms. The number of rotatable bonds is 7. The van der Waals surface area contributed by atoms with Crippen molar-refractivity contribution in [2.45, 2.75) is 45.3 Å². The molecule has 1 aromatic carbocycles. The molecule has 1 atom stereocenters. The largest absolute Gasteiger partial charge is 0.464 e. The van der Waals surface area contributed by atoms with E-state index >= 15 is 0 Å². The zero-order chi connectivity index (χ0) is 16.1. The highest BCUT2D eigenvalue weighted by Gasteiger charge is 2.40. The van der Waals surface area contributed by atoms with Crippen molar-refractivity contribution in [3.8, 4) is 0 Å². The van der Waals surface area contributed by atoms with Gasteiger partial charge in [-0.25, -0.2) is 9.18 Å². The second-order valence-electron chi connectivity index (χ2n) is 5.83. The van der Waals surface area contributed by atoms with E-state index in [2.05, 4.69) is 5.32 Å². The number of carbonyl (C=O) groups is 1. The normalized spacial score (nSPS) is 14.4. The third kappa shape index (κ3) is 5.01. The van der Waals surface area contributed by atoms with E-state index in [0.717, 1.165) is 0 Å². The van der Waals surface area contributed by atoms with E-state index < -0.39 is 11.1 Å². The number of hydrogen-bond acceptors (Lipinski definition) is 4. The van der Waals surface area contributed by atoms with Crippen LogP contribution in [0.25, 0.3) is 0 Å². The molecule has 0 aliphatic carbocycles. The van der Waals surface area contributed by atoms with Gasteiger partial charge in [0.15, 0.2) is 0 Å². The summed E-state index contributed by atoms with van der Waals surface area (Å²) in [6, 6.07) is 5.99. The van der Waals surface area contributed by atoms with Crippen LogP contribution in [0.2, 0.25) is 0 Å². The van der Waals surface area contributed by atoms with E-state index in [4.69, 9.17) is 9.47 Å². The van der Waals surface area contributed by atoms with Gasteiger partial charge in [-0.15, -0.1) is 0 Å². The van der Waals surface area contributed by atoms with Crippen molar-refractivity contribution in [3.63, 3.8) is 0 Å². The lowest BCUT2D eigenvalue weighted by Crippen LogP contribution is -2.50. The second-order valence-corrected chi connectivity index (χ2v) is 5.83. The van der Waals surface area contributed by atoms with Gasteiger partial charge in [0, 0.05) is 19.2 Å². The van der Waals surface area contributed by atoms with Crippen molar-refractivity contribution in [1.29, 1.82) is 0 Å². The Morgan fingerprint density at radius 1 is 1.33 bits per heavy atom. The molecule has 0 aliphatic heterocycles. The molecular weight excluding hydrogens is 273 g/mol. The van der Waals surface area contributed by atoms with Crippen LogP contribution in [0.4, 0.5) is 10.1 Å². The third-order valence-corrected chi connectivity index (χ3v) is 3.30. The van der Waals surface area contributed by atoms with Gasteiger partial charge in [0.05, 0.1) is 12.2 Å². The number of esters is 1. The van der Waals surface area contributed by atoms with Crippen molar-refractivity contribution in [2.24, 2.45) is 0 Å². The maximum absolute atomic E-state index is 13.3. The number of hydrogen-bond donors (Lipinski definition) is 1. The van der Waals surface area contributed by atoms with E-state index in [1.807, 2.05) is 13.8 Å². The monoisotopic (exact) mass is 297 g/mol. The molecule has 1 aromatic rings. The maximum atomic E-state index is 13.3. The van der Waals surface area contributed by atoms with Crippen LogP contribution in [0, 0.1) is 5.82 Å². The highest BCUT2D eigenvalue weighted by molar-refractivity contribution is 5.84. The number of halogens is 1. The van der Waals surface area contributed by atoms with Crippen LogP contribution in [-0.2, 0) is 14.3 Å². The first-order valence-corrected chi connectivity index (χ1v) is 6.98. The summed E-state index contributed by atoms with van der Waals surface area (Å²) in [4.78, 5) is 12.3. The highest BCUT2D eigenvalue weighted by atomic mass is 19.1. The van der Waals surface area contributed by atoms with Gasteiger partial charge in [0.2, 0.25) is 0 Å². The van der Waals surface area contributed by atoms with Gasteiger partial charge in [-0.1, -0.05) is 6.07 Å². The molecule has 0 aliphatic rings. The van der Waals surface area contributed by atoms with E-state index in [1.165, 1.54) is 12.1 Å². The minimum atomic E-state index is -1.01. The summed E-state index contributed by atoms with van der Waals surface area (Å²) in [6.07, 6.45) is 0.381. The van der Waals surface area contributed by atoms with E-state index in [1.54, 1.807) is 33.1 Å². The zero-order valence-electron chi connectivity index (χ0n) is 13.3. The van der Waals surface area contributed by atoms with E-state index in [9.17, 15) is 9.18 Å². The number of ether oxygens (including phenoxy) is 2. The SMILES string of the molecule is CCOC(=O)C(C)(CC(C)(C)OC)Nc1cccc(F)c1. The number of benzene rings is 1. The number of methoxy groups -OCH3 is 1. The molecule has 1 N–H and O–H groups in total. The van der Waals surface area contributed by atoms with Crippen LogP contribution in [0.3, 0.4) is 0 Å². The lowest BCUT2D eigenvalue weighted by molar-refractivity contribution is -0.150. The Morgan fingerprint density at radius 2 is 2.00 bits per heavy atom. The Morgan fingerprint density at radius 3 is 2.52 bits per heavy atom. The number of carbonyl (C=O) groups excluding carboxylic acids is 1. The lowest BCUT2D eigenvalue weighted by Gasteiger charge is -2.36. The molecular formula is C16H24FNO3. The standard InChI is InChI=1S/C16H24FNO3/c1-6-21-14(19)16(4,11-15(2,3)20-5)18-13-9-7-8-12(17)10-13/h7-10,18H,6,11H2,1-5H3. The topological polar surface area (TPSA) is 47.6 Å². The van der Waals surface area contributed by atoms with Crippen molar-refractivity contribution in [2.75, 3.05) is 19.0 Å². The van der Waals surface area contributed by atoms with Crippen molar-refractivity contribution >= 4 is 11.7 Å². The third-order valence-electron chi connectivity index (χ3n) is 3.30. The fourth-order valence-corrected chi connectivity index (χ4v) is 2.27. The van der Waals surface area contributed by atoms with Crippen LogP contribution in [0.5, 0.6) is 0 Å². The number of anilines is 1. The highest BCUT2D eigenvalue weighted by Crippen LogP contribution is 2.28. The Hall–Kier alpha value is -1.62. The smallest absolute Gasteiger partial charge is 0.331 e. The van der Waals surface area contributed by atoms with Crippen molar-refractivity contribution < 1.29 is 18.7 Å². The molecule has 0 radical (unpaired) electrons. The molecule has 0 bridgehead atoms. The Bertz CT molecular complexity index is 490. The molecule has 4 nitrogen and oxygen atoms in total. The number of nitrogens with one attached hydrogen (secondary N) is 1. The molecule has 0 amide bonds. The molecule has 0 fully saturated rings. The van der Waals surface area contributed by atoms with Crippen LogP contribution >= 0.6 is 0 Å². The minimum Gasteiger partial charge on any atom is -0.464 e. The maximum Gasteiger partial charge on any atom is 0.331 e. The minimum absolute atomic E-state index is 0.284. The summed E-state index contributed by atoms with van der Waals surface area (Å²) < 4.78 is 23.9. The van der Waals surface area contributed by atoms with Gasteiger partial charge < -0.3 is 14.8 Å². The predicted octanol–water partition coefficient (Wildman–Crippen LogP) is 3.37. The summed E-state index contributed by atoms with van der Waals surface area (Å²) in [5.41, 5.74) is -1.01. The van der Waals surface area contributed by atoms with Gasteiger partial charge in [-0.3, -0.25) is 0 Å². The second kappa shape index (κ2) is 6.89. The van der Waals surface area contributed by atoms with E-state index in [0.29, 0.717) is 12.1 Å². The first-order valence-electron chi connectivity index (χ1n) is 6.98. The quantitative estimate of drug-likeness (QED) is 0.784. The zero-order valence-corrected chi connectivity index (χ0v) is 13.3. The molecule has 21 heavy (non-hydrogen) atoms. The molecule has 1 unspecified atom stereocenters. The van der Waals surface area contributed by atoms with Gasteiger partial charge in [0.25, 0.3) is 0 Å². The molecule has 0 spiro atoms. The van der Waals surface area contributed by atoms with Crippen LogP contribution in [-0.4, -0.2) is 30.8 Å². The Labute approximate surface area is 125 Å². The molecule has 0 saturated carbocycles. The first kappa shape index (κ1) is 17.4. The summed E-state index contributed by atoms with van der Waals surface area (Å²) in [6.45, 7) is 7.54. The first-order chi connectivity index (χ1) is 9.72. The molecule has 0 aromatic heterocycles. The summed E-state index contributed by atoms with van der Waals surface area (Å²) in [5, 5.41) is 3.08. The lowest BCUT2D eigenvalue weighted by atomic mass is 9.87. The fraction of sp³-hybridized carbons (Fsp3) is 0.562. The summed E-state index contributed by atoms with van der Waals surface area (Å²) >= 11 is 0. The molecule has 0 heterocycles. The van der Waals surface area contributed by atoms with Gasteiger partial charge in [-0.2, -0.15) is 0 Å². The van der Waals surface area contributed by atoms with Crippen molar-refractivity contribution in [3.05, 3.63) is 30.1 Å². The predicted molar refractivity (Wildman–Crippen MR) is 80.8 cm³/mol. The van der Waals surface area contributed by atoms with Crippen molar-refractivity contribution in [1.82, 2.24) is 0 Å². The fourth-order valence-electron chi connectivity index (χ4n) is 2.27. The average Bonchev–Trinajstić information content (AvgIpc) is 2.38.